The number of benzene rings is 2. The van der Waals surface area contributed by atoms with E-state index in [4.69, 9.17) is 28.9 Å². The van der Waals surface area contributed by atoms with Gasteiger partial charge in [0.15, 0.2) is 0 Å². The van der Waals surface area contributed by atoms with Crippen molar-refractivity contribution in [1.29, 1.82) is 0 Å². The molecule has 4 nitrogen and oxygen atoms in total. The predicted molar refractivity (Wildman–Crippen MR) is 82.8 cm³/mol. The molecule has 6 heteroatoms. The van der Waals surface area contributed by atoms with E-state index in [9.17, 15) is 10.0 Å². The first-order valence-electron chi connectivity index (χ1n) is 6.35. The summed E-state index contributed by atoms with van der Waals surface area (Å²) in [6.07, 6.45) is 0.372. The van der Waals surface area contributed by atoms with E-state index >= 15 is 0 Å². The van der Waals surface area contributed by atoms with Crippen LogP contribution in [0.2, 0.25) is 10.0 Å². The number of hydrogen-bond donors (Lipinski definition) is 2. The Morgan fingerprint density at radius 2 is 2.00 bits per heavy atom. The normalized spacial score (nSPS) is 17.8. The maximum Gasteiger partial charge on any atom is 0.267 e. The van der Waals surface area contributed by atoms with Crippen molar-refractivity contribution in [2.24, 2.45) is 5.73 Å². The van der Waals surface area contributed by atoms with E-state index in [0.29, 0.717) is 27.2 Å². The largest absolute Gasteiger partial charge is 0.320 e. The number of carbonyl (C=O) groups is 1. The van der Waals surface area contributed by atoms with Crippen LogP contribution in [0.4, 0.5) is 5.69 Å². The zero-order chi connectivity index (χ0) is 15.1. The molecule has 1 amide bonds. The fourth-order valence-electron chi connectivity index (χ4n) is 2.45. The maximum atomic E-state index is 11.7. The van der Waals surface area contributed by atoms with Gasteiger partial charge >= 0.3 is 0 Å². The molecule has 0 saturated heterocycles. The Kier molecular flexibility index (Phi) is 3.63. The molecule has 0 aliphatic carbocycles. The molecule has 1 aliphatic heterocycles. The van der Waals surface area contributed by atoms with Gasteiger partial charge < -0.3 is 5.73 Å². The molecule has 0 saturated carbocycles. The third kappa shape index (κ3) is 2.40. The minimum Gasteiger partial charge on any atom is -0.320 e. The van der Waals surface area contributed by atoms with Crippen LogP contribution >= 0.6 is 23.2 Å². The number of fused-ring (bicyclic) bond motifs is 1. The van der Waals surface area contributed by atoms with Crippen molar-refractivity contribution in [3.05, 3.63) is 52.0 Å². The molecule has 108 valence electrons. The molecular weight excluding hydrogens is 311 g/mol. The number of hydroxylamine groups is 1. The summed E-state index contributed by atoms with van der Waals surface area (Å²) < 4.78 is 0. The Balaban J connectivity index is 2.10. The van der Waals surface area contributed by atoms with Gasteiger partial charge in [-0.1, -0.05) is 41.4 Å². The lowest BCUT2D eigenvalue weighted by Gasteiger charge is -2.28. The summed E-state index contributed by atoms with van der Waals surface area (Å²) in [7, 11) is 0. The highest BCUT2D eigenvalue weighted by Crippen LogP contribution is 2.36. The van der Waals surface area contributed by atoms with Crippen molar-refractivity contribution >= 4 is 34.8 Å². The number of anilines is 1. The van der Waals surface area contributed by atoms with Crippen LogP contribution in [0.5, 0.6) is 0 Å². The van der Waals surface area contributed by atoms with Gasteiger partial charge in [0.05, 0.1) is 21.8 Å². The third-order valence-corrected chi connectivity index (χ3v) is 4.35. The number of nitrogens with zero attached hydrogens (tertiary/aromatic N) is 1. The van der Waals surface area contributed by atoms with Crippen molar-refractivity contribution in [2.75, 3.05) is 5.06 Å². The molecule has 2 aromatic rings. The first-order chi connectivity index (χ1) is 9.99. The number of nitrogens with two attached hydrogens (primary N) is 1. The van der Waals surface area contributed by atoms with Crippen LogP contribution in [-0.2, 0) is 11.2 Å². The lowest BCUT2D eigenvalue weighted by atomic mass is 9.95. The van der Waals surface area contributed by atoms with E-state index in [-0.39, 0.29) is 0 Å². The van der Waals surface area contributed by atoms with E-state index in [2.05, 4.69) is 0 Å². The van der Waals surface area contributed by atoms with Gasteiger partial charge in [0.25, 0.3) is 5.91 Å². The Labute approximate surface area is 131 Å². The maximum absolute atomic E-state index is 11.7. The lowest BCUT2D eigenvalue weighted by Crippen LogP contribution is -2.47. The second kappa shape index (κ2) is 5.31. The SMILES string of the molecule is N[C@H]1Cc2cc(-c3cccc(Cl)c3Cl)ccc2N(O)C1=O. The zero-order valence-electron chi connectivity index (χ0n) is 10.9. The second-order valence-corrected chi connectivity index (χ2v) is 5.69. The van der Waals surface area contributed by atoms with Gasteiger partial charge in [-0.25, -0.2) is 0 Å². The first-order valence-corrected chi connectivity index (χ1v) is 7.10. The second-order valence-electron chi connectivity index (χ2n) is 4.91. The fourth-order valence-corrected chi connectivity index (χ4v) is 2.86. The Hall–Kier alpha value is -1.59. The minimum absolute atomic E-state index is 0.372. The van der Waals surface area contributed by atoms with Crippen molar-refractivity contribution in [1.82, 2.24) is 0 Å². The topological polar surface area (TPSA) is 66.6 Å². The van der Waals surface area contributed by atoms with Crippen LogP contribution in [0.15, 0.2) is 36.4 Å². The van der Waals surface area contributed by atoms with Gasteiger partial charge in [-0.2, -0.15) is 5.06 Å². The van der Waals surface area contributed by atoms with Gasteiger partial charge in [-0.05, 0) is 35.7 Å². The Morgan fingerprint density at radius 3 is 2.76 bits per heavy atom. The van der Waals surface area contributed by atoms with Crippen molar-refractivity contribution in [2.45, 2.75) is 12.5 Å². The number of rotatable bonds is 1. The number of halogens is 2. The van der Waals surface area contributed by atoms with E-state index in [1.165, 1.54) is 0 Å². The Morgan fingerprint density at radius 1 is 1.24 bits per heavy atom. The summed E-state index contributed by atoms with van der Waals surface area (Å²) >= 11 is 12.2. The highest BCUT2D eigenvalue weighted by atomic mass is 35.5. The molecule has 0 unspecified atom stereocenters. The summed E-state index contributed by atoms with van der Waals surface area (Å²) in [6, 6.07) is 9.97. The van der Waals surface area contributed by atoms with Crippen molar-refractivity contribution in [3.8, 4) is 11.1 Å². The standard InChI is InChI=1S/C15H12Cl2N2O2/c16-11-3-1-2-10(14(11)17)8-4-5-13-9(6-8)7-12(18)15(20)19(13)21/h1-6,12,21H,7,18H2/t12-/m0/s1. The highest BCUT2D eigenvalue weighted by Gasteiger charge is 2.29. The van der Waals surface area contributed by atoms with Gasteiger partial charge in [0, 0.05) is 5.56 Å². The molecule has 1 heterocycles. The number of hydrogen-bond acceptors (Lipinski definition) is 3. The number of amides is 1. The van der Waals surface area contributed by atoms with Crippen LogP contribution < -0.4 is 10.8 Å². The van der Waals surface area contributed by atoms with Gasteiger partial charge in [0.1, 0.15) is 0 Å². The van der Waals surface area contributed by atoms with E-state index in [1.807, 2.05) is 18.2 Å². The molecule has 2 aromatic carbocycles. The van der Waals surface area contributed by atoms with Crippen LogP contribution in [0.25, 0.3) is 11.1 Å². The summed E-state index contributed by atoms with van der Waals surface area (Å²) in [5.74, 6) is -0.504. The van der Waals surface area contributed by atoms with E-state index < -0.39 is 11.9 Å². The monoisotopic (exact) mass is 322 g/mol. The molecule has 1 aliphatic rings. The summed E-state index contributed by atoms with van der Waals surface area (Å²) in [5, 5.41) is 11.4. The van der Waals surface area contributed by atoms with Gasteiger partial charge in [-0.15, -0.1) is 0 Å². The summed E-state index contributed by atoms with van der Waals surface area (Å²) in [5.41, 5.74) is 8.62. The van der Waals surface area contributed by atoms with E-state index in [1.54, 1.807) is 18.2 Å². The molecule has 21 heavy (non-hydrogen) atoms. The quantitative estimate of drug-likeness (QED) is 0.792. The van der Waals surface area contributed by atoms with E-state index in [0.717, 1.165) is 16.7 Å². The van der Waals surface area contributed by atoms with Crippen molar-refractivity contribution in [3.63, 3.8) is 0 Å². The molecule has 0 fully saturated rings. The average Bonchev–Trinajstić information content (AvgIpc) is 2.47. The third-order valence-electron chi connectivity index (χ3n) is 3.54. The molecule has 0 bridgehead atoms. The average molecular weight is 323 g/mol. The molecule has 0 spiro atoms. The van der Waals surface area contributed by atoms with Crippen LogP contribution in [0, 0.1) is 0 Å². The smallest absolute Gasteiger partial charge is 0.267 e. The minimum atomic E-state index is -0.743. The van der Waals surface area contributed by atoms with Gasteiger partial charge in [0.2, 0.25) is 0 Å². The molecule has 0 radical (unpaired) electrons. The van der Waals surface area contributed by atoms with Gasteiger partial charge in [-0.3, -0.25) is 10.0 Å². The summed E-state index contributed by atoms with van der Waals surface area (Å²) in [6.45, 7) is 0. The molecule has 3 N–H and O–H groups in total. The molecule has 1 atom stereocenters. The van der Waals surface area contributed by atoms with Crippen LogP contribution in [-0.4, -0.2) is 17.2 Å². The predicted octanol–water partition coefficient (Wildman–Crippen LogP) is 3.27. The molecule has 3 rings (SSSR count). The van der Waals surface area contributed by atoms with Crippen molar-refractivity contribution < 1.29 is 10.0 Å². The Bertz CT molecular complexity index is 734. The lowest BCUT2D eigenvalue weighted by molar-refractivity contribution is -0.125. The number of carbonyl (C=O) groups excluding carboxylic acids is 1. The highest BCUT2D eigenvalue weighted by molar-refractivity contribution is 6.43. The molecular formula is C15H12Cl2N2O2. The van der Waals surface area contributed by atoms with Crippen LogP contribution in [0.3, 0.4) is 0 Å². The fraction of sp³-hybridized carbons (Fsp3) is 0.133. The van der Waals surface area contributed by atoms with Crippen LogP contribution in [0.1, 0.15) is 5.56 Å². The summed E-state index contributed by atoms with van der Waals surface area (Å²) in [4.78, 5) is 11.7. The zero-order valence-corrected chi connectivity index (χ0v) is 12.4. The molecule has 0 aromatic heterocycles. The first kappa shape index (κ1) is 14.4.